The van der Waals surface area contributed by atoms with E-state index >= 15 is 0 Å². The molecule has 0 bridgehead atoms. The van der Waals surface area contributed by atoms with E-state index in [0.29, 0.717) is 18.7 Å². The molecule has 6 nitrogen and oxygen atoms in total. The van der Waals surface area contributed by atoms with Gasteiger partial charge in [-0.3, -0.25) is 4.79 Å². The lowest BCUT2D eigenvalue weighted by molar-refractivity contribution is -0.119. The van der Waals surface area contributed by atoms with Crippen molar-refractivity contribution in [2.75, 3.05) is 12.4 Å². The zero-order valence-corrected chi connectivity index (χ0v) is 11.6. The summed E-state index contributed by atoms with van der Waals surface area (Å²) in [5.41, 5.74) is 1.92. The number of carboxylic acids is 1. The summed E-state index contributed by atoms with van der Waals surface area (Å²) >= 11 is 0. The van der Waals surface area contributed by atoms with E-state index in [0.717, 1.165) is 11.3 Å². The van der Waals surface area contributed by atoms with E-state index in [-0.39, 0.29) is 11.5 Å². The molecule has 3 N–H and O–H groups in total. The highest BCUT2D eigenvalue weighted by atomic mass is 16.4. The average molecular weight is 288 g/mol. The number of hydrogen-bond donors (Lipinski definition) is 3. The number of nitrogens with one attached hydrogen (secondary N) is 2. The molecule has 0 radical (unpaired) electrons. The van der Waals surface area contributed by atoms with Crippen LogP contribution in [0.2, 0.25) is 0 Å². The molecule has 0 saturated carbocycles. The highest BCUT2D eigenvalue weighted by Crippen LogP contribution is 2.13. The third-order valence-corrected chi connectivity index (χ3v) is 2.96. The number of anilines is 1. The Labute approximate surface area is 121 Å². The summed E-state index contributed by atoms with van der Waals surface area (Å²) in [6.45, 7) is 0.391. The van der Waals surface area contributed by atoms with Gasteiger partial charge in [0, 0.05) is 12.7 Å². The molecule has 1 aromatic heterocycles. The maximum atomic E-state index is 11.2. The van der Waals surface area contributed by atoms with Gasteiger partial charge in [-0.05, 0) is 23.8 Å². The van der Waals surface area contributed by atoms with Gasteiger partial charge >= 0.3 is 5.97 Å². The van der Waals surface area contributed by atoms with Crippen LogP contribution in [0, 0.1) is 0 Å². The van der Waals surface area contributed by atoms with Crippen molar-refractivity contribution in [3.05, 3.63) is 53.5 Å². The topological polar surface area (TPSA) is 91.6 Å². The molecule has 21 heavy (non-hydrogen) atoms. The van der Waals surface area contributed by atoms with Gasteiger partial charge in [-0.1, -0.05) is 12.1 Å². The zero-order chi connectivity index (χ0) is 15.2. The molecule has 0 spiro atoms. The van der Waals surface area contributed by atoms with Crippen LogP contribution in [0.1, 0.15) is 21.7 Å². The Morgan fingerprint density at radius 1 is 1.24 bits per heavy atom. The van der Waals surface area contributed by atoms with E-state index in [1.165, 1.54) is 12.3 Å². The summed E-state index contributed by atoms with van der Waals surface area (Å²) in [5.74, 6) is -0.502. The van der Waals surface area contributed by atoms with Crippen LogP contribution < -0.4 is 10.6 Å². The van der Waals surface area contributed by atoms with E-state index in [9.17, 15) is 9.59 Å². The molecule has 110 valence electrons. The number of rotatable bonds is 6. The SMILES string of the molecule is CNC(=O)Cc1ccc(NCc2cc(C(=O)O)co2)cc1. The van der Waals surface area contributed by atoms with Gasteiger partial charge in [0.2, 0.25) is 5.91 Å². The third-order valence-electron chi connectivity index (χ3n) is 2.96. The van der Waals surface area contributed by atoms with Crippen molar-refractivity contribution in [1.82, 2.24) is 5.32 Å². The number of carbonyl (C=O) groups is 2. The van der Waals surface area contributed by atoms with Crippen LogP contribution in [-0.4, -0.2) is 24.0 Å². The number of likely N-dealkylation sites (N-methyl/N-ethyl adjacent to an activating group) is 1. The van der Waals surface area contributed by atoms with Crippen molar-refractivity contribution >= 4 is 17.6 Å². The fourth-order valence-corrected chi connectivity index (χ4v) is 1.79. The van der Waals surface area contributed by atoms with Crippen molar-refractivity contribution < 1.29 is 19.1 Å². The Kier molecular flexibility index (Phi) is 4.61. The highest BCUT2D eigenvalue weighted by molar-refractivity contribution is 5.87. The number of amides is 1. The molecule has 0 aliphatic heterocycles. The molecule has 0 aliphatic rings. The number of hydrogen-bond acceptors (Lipinski definition) is 4. The summed E-state index contributed by atoms with van der Waals surface area (Å²) in [6.07, 6.45) is 1.56. The number of benzene rings is 1. The predicted octanol–water partition coefficient (Wildman–Crippen LogP) is 1.88. The number of aromatic carboxylic acids is 1. The van der Waals surface area contributed by atoms with Crippen molar-refractivity contribution in [2.24, 2.45) is 0 Å². The first kappa shape index (κ1) is 14.6. The van der Waals surface area contributed by atoms with Crippen molar-refractivity contribution in [2.45, 2.75) is 13.0 Å². The van der Waals surface area contributed by atoms with E-state index in [2.05, 4.69) is 10.6 Å². The first-order valence-corrected chi connectivity index (χ1v) is 6.42. The number of carbonyl (C=O) groups excluding carboxylic acids is 1. The van der Waals surface area contributed by atoms with E-state index in [4.69, 9.17) is 9.52 Å². The van der Waals surface area contributed by atoms with Crippen LogP contribution in [0.4, 0.5) is 5.69 Å². The van der Waals surface area contributed by atoms with Gasteiger partial charge in [0.05, 0.1) is 18.5 Å². The highest BCUT2D eigenvalue weighted by Gasteiger charge is 2.08. The smallest absolute Gasteiger partial charge is 0.338 e. The second-order valence-electron chi connectivity index (χ2n) is 4.51. The lowest BCUT2D eigenvalue weighted by Gasteiger charge is -2.06. The molecule has 0 unspecified atom stereocenters. The maximum Gasteiger partial charge on any atom is 0.338 e. The van der Waals surface area contributed by atoms with E-state index in [1.54, 1.807) is 7.05 Å². The van der Waals surface area contributed by atoms with Crippen LogP contribution in [0.5, 0.6) is 0 Å². The molecule has 1 heterocycles. The summed E-state index contributed by atoms with van der Waals surface area (Å²) in [6, 6.07) is 8.93. The Bertz CT molecular complexity index is 631. The largest absolute Gasteiger partial charge is 0.478 e. The summed E-state index contributed by atoms with van der Waals surface area (Å²) in [7, 11) is 1.60. The van der Waals surface area contributed by atoms with Crippen molar-refractivity contribution in [1.29, 1.82) is 0 Å². The van der Waals surface area contributed by atoms with Crippen LogP contribution in [0.3, 0.4) is 0 Å². The standard InChI is InChI=1S/C15H16N2O4/c1-16-14(18)6-10-2-4-12(5-3-10)17-8-13-7-11(9-21-13)15(19)20/h2-5,7,9,17H,6,8H2,1H3,(H,16,18)(H,19,20). The lowest BCUT2D eigenvalue weighted by Crippen LogP contribution is -2.19. The molecule has 1 amide bonds. The zero-order valence-electron chi connectivity index (χ0n) is 11.6. The van der Waals surface area contributed by atoms with Gasteiger partial charge < -0.3 is 20.2 Å². The second kappa shape index (κ2) is 6.60. The summed E-state index contributed by atoms with van der Waals surface area (Å²) < 4.78 is 5.14. The molecule has 0 fully saturated rings. The van der Waals surface area contributed by atoms with Gasteiger partial charge in [0.1, 0.15) is 12.0 Å². The predicted molar refractivity (Wildman–Crippen MR) is 77.2 cm³/mol. The Balaban J connectivity index is 1.91. The Hall–Kier alpha value is -2.76. The monoisotopic (exact) mass is 288 g/mol. The van der Waals surface area contributed by atoms with Crippen LogP contribution in [-0.2, 0) is 17.8 Å². The molecular formula is C15H16N2O4. The van der Waals surface area contributed by atoms with Crippen LogP contribution in [0.25, 0.3) is 0 Å². The number of carboxylic acid groups (broad SMARTS) is 1. The Morgan fingerprint density at radius 2 is 1.95 bits per heavy atom. The molecule has 2 aromatic rings. The van der Waals surface area contributed by atoms with Crippen LogP contribution >= 0.6 is 0 Å². The Morgan fingerprint density at radius 3 is 2.52 bits per heavy atom. The van der Waals surface area contributed by atoms with Crippen molar-refractivity contribution in [3.8, 4) is 0 Å². The normalized spacial score (nSPS) is 10.1. The van der Waals surface area contributed by atoms with Gasteiger partial charge in [0.15, 0.2) is 0 Å². The quantitative estimate of drug-likeness (QED) is 0.755. The van der Waals surface area contributed by atoms with E-state index in [1.807, 2.05) is 24.3 Å². The number of furan rings is 1. The van der Waals surface area contributed by atoms with Gasteiger partial charge in [0.25, 0.3) is 0 Å². The fraction of sp³-hybridized carbons (Fsp3) is 0.200. The maximum absolute atomic E-state index is 11.2. The minimum atomic E-state index is -1.01. The van der Waals surface area contributed by atoms with Crippen molar-refractivity contribution in [3.63, 3.8) is 0 Å². The van der Waals surface area contributed by atoms with Gasteiger partial charge in [-0.2, -0.15) is 0 Å². The third kappa shape index (κ3) is 4.10. The minimum absolute atomic E-state index is 0.0347. The molecular weight excluding hydrogens is 272 g/mol. The molecule has 1 aromatic carbocycles. The lowest BCUT2D eigenvalue weighted by atomic mass is 10.1. The molecule has 0 saturated heterocycles. The first-order chi connectivity index (χ1) is 10.1. The molecule has 0 atom stereocenters. The fourth-order valence-electron chi connectivity index (χ4n) is 1.79. The summed E-state index contributed by atoms with van der Waals surface area (Å²) in [4.78, 5) is 22.0. The summed E-state index contributed by atoms with van der Waals surface area (Å²) in [5, 5.41) is 14.5. The molecule has 0 aliphatic carbocycles. The average Bonchev–Trinajstić information content (AvgIpc) is 2.95. The molecule has 6 heteroatoms. The minimum Gasteiger partial charge on any atom is -0.478 e. The van der Waals surface area contributed by atoms with Gasteiger partial charge in [-0.15, -0.1) is 0 Å². The molecule has 2 rings (SSSR count). The van der Waals surface area contributed by atoms with Crippen LogP contribution in [0.15, 0.2) is 41.0 Å². The first-order valence-electron chi connectivity index (χ1n) is 6.42. The van der Waals surface area contributed by atoms with Gasteiger partial charge in [-0.25, -0.2) is 4.79 Å². The second-order valence-corrected chi connectivity index (χ2v) is 4.51. The van der Waals surface area contributed by atoms with E-state index < -0.39 is 5.97 Å².